The number of amides is 2. The molecule has 6 N–H and O–H groups in total. The van der Waals surface area contributed by atoms with E-state index in [1.165, 1.54) is 4.90 Å². The third-order valence-electron chi connectivity index (χ3n) is 8.69. The molecule has 0 unspecified atom stereocenters. The van der Waals surface area contributed by atoms with Crippen LogP contribution in [0.2, 0.25) is 0 Å². The first kappa shape index (κ1) is 35.9. The number of rotatable bonds is 6. The Hall–Kier alpha value is -5.43. The van der Waals surface area contributed by atoms with Gasteiger partial charge in [0.25, 0.3) is 5.97 Å². The number of aliphatic hydroxyl groups is 1. The Morgan fingerprint density at radius 3 is 2.62 bits per heavy atom. The molecule has 1 aromatic heterocycles. The van der Waals surface area contributed by atoms with Gasteiger partial charge in [0.15, 0.2) is 11.6 Å². The Labute approximate surface area is 289 Å². The number of pyridine rings is 1. The Bertz CT molecular complexity index is 1900. The van der Waals surface area contributed by atoms with Crippen molar-refractivity contribution >= 4 is 45.9 Å². The largest absolute Gasteiger partial charge is 0.487 e. The van der Waals surface area contributed by atoms with Crippen molar-refractivity contribution < 1.29 is 38.5 Å². The van der Waals surface area contributed by atoms with Gasteiger partial charge in [0.2, 0.25) is 5.91 Å². The van der Waals surface area contributed by atoms with Gasteiger partial charge in [-0.25, -0.2) is 14.2 Å². The number of nitrogens with zero attached hydrogens (tertiary/aromatic N) is 2. The summed E-state index contributed by atoms with van der Waals surface area (Å²) in [7, 11) is 1.63. The highest BCUT2D eigenvalue weighted by atomic mass is 19.1. The van der Waals surface area contributed by atoms with Crippen LogP contribution in [0, 0.1) is 18.7 Å². The Balaban J connectivity index is 0.00000115. The molecule has 1 saturated carbocycles. The summed E-state index contributed by atoms with van der Waals surface area (Å²) in [5.74, 6) is -1.50. The maximum atomic E-state index is 15.5. The molecule has 0 spiro atoms. The SMILES string of the molecule is CC(=O)O.Cc1cc2ccc1[C@@H](C)COC(=O)Nc1cc(F)c(OC[C@@H](O)C3CC3)c(c1)CN(C)C(=O)[C@@H]2Nc1ccc2c(N)nccc2c1. The van der Waals surface area contributed by atoms with Crippen molar-refractivity contribution in [1.29, 1.82) is 0 Å². The predicted octanol–water partition coefficient (Wildman–Crippen LogP) is 5.98. The van der Waals surface area contributed by atoms with Crippen molar-refractivity contribution in [1.82, 2.24) is 9.88 Å². The maximum Gasteiger partial charge on any atom is 0.411 e. The normalized spacial score (nSPS) is 18.4. The molecule has 12 nitrogen and oxygen atoms in total. The van der Waals surface area contributed by atoms with Crippen molar-refractivity contribution in [2.75, 3.05) is 36.6 Å². The lowest BCUT2D eigenvalue weighted by Gasteiger charge is -2.28. The number of aliphatic carboxylic acids is 1. The maximum absolute atomic E-state index is 15.5. The van der Waals surface area contributed by atoms with Gasteiger partial charge in [0, 0.05) is 61.0 Å². The number of aromatic nitrogens is 1. The van der Waals surface area contributed by atoms with E-state index in [2.05, 4.69) is 15.6 Å². The van der Waals surface area contributed by atoms with Crippen LogP contribution >= 0.6 is 0 Å². The summed E-state index contributed by atoms with van der Waals surface area (Å²) in [4.78, 5) is 41.6. The van der Waals surface area contributed by atoms with Crippen molar-refractivity contribution in [2.24, 2.45) is 5.92 Å². The summed E-state index contributed by atoms with van der Waals surface area (Å²) in [6.07, 6.45) is 1.99. The molecule has 4 aromatic rings. The molecule has 2 amide bonds. The van der Waals surface area contributed by atoms with Gasteiger partial charge < -0.3 is 35.6 Å². The lowest BCUT2D eigenvalue weighted by Crippen LogP contribution is -2.35. The van der Waals surface area contributed by atoms with Gasteiger partial charge in [0.05, 0.1) is 12.7 Å². The van der Waals surface area contributed by atoms with Gasteiger partial charge >= 0.3 is 6.09 Å². The molecule has 3 aliphatic rings. The molecule has 4 bridgehead atoms. The molecule has 3 atom stereocenters. The molecule has 1 fully saturated rings. The summed E-state index contributed by atoms with van der Waals surface area (Å²) >= 11 is 0. The molecule has 264 valence electrons. The van der Waals surface area contributed by atoms with Crippen LogP contribution < -0.4 is 21.1 Å². The van der Waals surface area contributed by atoms with Gasteiger partial charge in [0.1, 0.15) is 18.5 Å². The van der Waals surface area contributed by atoms with Crippen LogP contribution in [-0.2, 0) is 20.9 Å². The molecule has 3 aromatic carbocycles. The first-order valence-electron chi connectivity index (χ1n) is 16.3. The molecule has 0 saturated heterocycles. The van der Waals surface area contributed by atoms with Crippen LogP contribution in [0.4, 0.5) is 26.4 Å². The van der Waals surface area contributed by atoms with Crippen LogP contribution in [0.5, 0.6) is 5.75 Å². The zero-order valence-corrected chi connectivity index (χ0v) is 28.4. The molecule has 13 heteroatoms. The number of benzene rings is 3. The van der Waals surface area contributed by atoms with E-state index in [1.807, 2.05) is 56.3 Å². The zero-order valence-electron chi connectivity index (χ0n) is 28.4. The molecule has 7 rings (SSSR count). The second kappa shape index (κ2) is 15.4. The Morgan fingerprint density at radius 1 is 1.18 bits per heavy atom. The van der Waals surface area contributed by atoms with Gasteiger partial charge in [-0.15, -0.1) is 0 Å². The number of carbonyl (C=O) groups excluding carboxylic acids is 2. The van der Waals surface area contributed by atoms with E-state index in [1.54, 1.807) is 19.3 Å². The number of halogens is 1. The zero-order chi connectivity index (χ0) is 36.1. The smallest absolute Gasteiger partial charge is 0.411 e. The molecule has 0 radical (unpaired) electrons. The third-order valence-corrected chi connectivity index (χ3v) is 8.69. The Morgan fingerprint density at radius 2 is 1.92 bits per heavy atom. The van der Waals surface area contributed by atoms with E-state index < -0.39 is 30.0 Å². The number of nitrogen functional groups attached to an aromatic ring is 1. The first-order chi connectivity index (χ1) is 23.8. The standard InChI is InChI=1S/C35H38FN5O5.C2H4O2/c1-19-12-23-6-8-27(19)20(2)17-46-35(44)40-26-14-24(32(29(36)15-26)45-18-30(42)21-4-5-21)16-41(3)34(43)31(23)39-25-7-9-28-22(13-25)10-11-38-33(28)37;1-2(3)4/h6-15,20-21,30-31,39,42H,4-5,16-18H2,1-3H3,(H2,37,38)(H,40,44);1H3,(H,3,4)/t20-,30+,31+;/m0./s1. The number of fused-ring (bicyclic) bond motifs is 10. The van der Waals surface area contributed by atoms with Crippen molar-refractivity contribution in [3.8, 4) is 5.75 Å². The quantitative estimate of drug-likeness (QED) is 0.162. The average Bonchev–Trinajstić information content (AvgIpc) is 3.91. The highest BCUT2D eigenvalue weighted by Gasteiger charge is 2.31. The third kappa shape index (κ3) is 8.77. The number of aryl methyl sites for hydroxylation is 1. The first-order valence-corrected chi connectivity index (χ1v) is 16.3. The van der Waals surface area contributed by atoms with Crippen LogP contribution in [0.25, 0.3) is 10.8 Å². The van der Waals surface area contributed by atoms with Gasteiger partial charge in [-0.3, -0.25) is 14.9 Å². The highest BCUT2D eigenvalue weighted by molar-refractivity contribution is 5.94. The summed E-state index contributed by atoms with van der Waals surface area (Å²) in [6.45, 7) is 4.96. The number of hydrogen-bond donors (Lipinski definition) is 5. The summed E-state index contributed by atoms with van der Waals surface area (Å²) in [5.41, 5.74) is 9.90. The van der Waals surface area contributed by atoms with Crippen molar-refractivity contribution in [3.05, 3.63) is 88.9 Å². The topological polar surface area (TPSA) is 176 Å². The van der Waals surface area contributed by atoms with Crippen molar-refractivity contribution in [2.45, 2.75) is 58.2 Å². The fraction of sp³-hybridized carbons (Fsp3) is 0.351. The summed E-state index contributed by atoms with van der Waals surface area (Å²) < 4.78 is 26.8. The number of likely N-dealkylation sites (N-methyl/N-ethyl adjacent to an activating group) is 1. The molecule has 3 heterocycles. The number of carboxylic acid groups (broad SMARTS) is 1. The van der Waals surface area contributed by atoms with E-state index in [0.717, 1.165) is 53.3 Å². The molecule has 50 heavy (non-hydrogen) atoms. The molecular formula is C37H42FN5O7. The Kier molecular flexibility index (Phi) is 11.1. The summed E-state index contributed by atoms with van der Waals surface area (Å²) in [6, 6.07) is 15.2. The van der Waals surface area contributed by atoms with E-state index in [-0.39, 0.29) is 48.9 Å². The van der Waals surface area contributed by atoms with Crippen molar-refractivity contribution in [3.63, 3.8) is 0 Å². The highest BCUT2D eigenvalue weighted by Crippen LogP contribution is 2.35. The summed E-state index contributed by atoms with van der Waals surface area (Å²) in [5, 5.41) is 25.5. The number of hydrogen-bond acceptors (Lipinski definition) is 9. The fourth-order valence-corrected chi connectivity index (χ4v) is 5.96. The fourth-order valence-electron chi connectivity index (χ4n) is 5.96. The van der Waals surface area contributed by atoms with Gasteiger partial charge in [-0.1, -0.05) is 25.1 Å². The molecular weight excluding hydrogens is 645 g/mol. The van der Waals surface area contributed by atoms with E-state index >= 15 is 4.39 Å². The van der Waals surface area contributed by atoms with Crippen LogP contribution in [0.1, 0.15) is 60.9 Å². The number of nitrogens with two attached hydrogens (primary N) is 1. The number of nitrogens with one attached hydrogen (secondary N) is 2. The monoisotopic (exact) mass is 687 g/mol. The van der Waals surface area contributed by atoms with Crippen LogP contribution in [0.3, 0.4) is 0 Å². The van der Waals surface area contributed by atoms with E-state index in [9.17, 15) is 14.7 Å². The van der Waals surface area contributed by atoms with Crippen LogP contribution in [0.15, 0.2) is 60.8 Å². The minimum Gasteiger partial charge on any atom is -0.487 e. The number of carboxylic acids is 1. The van der Waals surface area contributed by atoms with E-state index in [0.29, 0.717) is 17.1 Å². The number of anilines is 3. The lowest BCUT2D eigenvalue weighted by atomic mass is 9.93. The van der Waals surface area contributed by atoms with E-state index in [4.69, 9.17) is 25.1 Å². The second-order valence-corrected chi connectivity index (χ2v) is 12.8. The number of carbonyl (C=O) groups is 3. The average molecular weight is 688 g/mol. The lowest BCUT2D eigenvalue weighted by molar-refractivity contribution is -0.134. The number of aliphatic hydroxyl groups excluding tert-OH is 1. The second-order valence-electron chi connectivity index (χ2n) is 12.8. The van der Waals surface area contributed by atoms with Crippen LogP contribution in [-0.4, -0.2) is 64.4 Å². The minimum absolute atomic E-state index is 0.0403. The molecule has 2 aliphatic heterocycles. The number of ether oxygens (including phenoxy) is 2. The molecule has 1 aliphatic carbocycles. The predicted molar refractivity (Wildman–Crippen MR) is 187 cm³/mol. The minimum atomic E-state index is -0.833. The van der Waals surface area contributed by atoms with Gasteiger partial charge in [-0.05, 0) is 78.1 Å². The van der Waals surface area contributed by atoms with Gasteiger partial charge in [-0.2, -0.15) is 0 Å².